The fourth-order valence-corrected chi connectivity index (χ4v) is 3.21. The summed E-state index contributed by atoms with van der Waals surface area (Å²) in [6, 6.07) is 14.2. The molecule has 1 unspecified atom stereocenters. The smallest absolute Gasteiger partial charge is 0.126 e. The predicted octanol–water partition coefficient (Wildman–Crippen LogP) is 4.71. The summed E-state index contributed by atoms with van der Waals surface area (Å²) in [6.07, 6.45) is 3.91. The highest BCUT2D eigenvalue weighted by molar-refractivity contribution is 5.41. The van der Waals surface area contributed by atoms with Crippen LogP contribution in [0.3, 0.4) is 0 Å². The number of hydrogen-bond donors (Lipinski definition) is 1. The molecule has 1 saturated carbocycles. The average Bonchev–Trinajstić information content (AvgIpc) is 2.43. The topological polar surface area (TPSA) is 12.0 Å². The molecule has 1 nitrogen and oxygen atoms in total. The number of rotatable bonds is 4. The molecule has 0 aromatic heterocycles. The standard InChI is InChI=1S/C19H22FN/c1-13-12-15(10-11-18(13)20)19(21-2)17-9-4-3-8-16(17)14-6-5-7-14/h3-4,8-12,14,19,21H,5-7H2,1-2H3. The van der Waals surface area contributed by atoms with Crippen molar-refractivity contribution in [2.45, 2.75) is 38.1 Å². The highest BCUT2D eigenvalue weighted by Crippen LogP contribution is 2.40. The Morgan fingerprint density at radius 2 is 1.90 bits per heavy atom. The summed E-state index contributed by atoms with van der Waals surface area (Å²) in [5, 5.41) is 3.40. The Kier molecular flexibility index (Phi) is 4.07. The quantitative estimate of drug-likeness (QED) is 0.857. The van der Waals surface area contributed by atoms with Gasteiger partial charge in [-0.15, -0.1) is 0 Å². The van der Waals surface area contributed by atoms with Crippen LogP contribution in [0.4, 0.5) is 4.39 Å². The number of hydrogen-bond acceptors (Lipinski definition) is 1. The van der Waals surface area contributed by atoms with Crippen LogP contribution in [0.2, 0.25) is 0 Å². The molecule has 1 atom stereocenters. The lowest BCUT2D eigenvalue weighted by Crippen LogP contribution is -2.21. The normalized spacial score (nSPS) is 16.5. The Hall–Kier alpha value is -1.67. The first-order valence-corrected chi connectivity index (χ1v) is 7.73. The molecule has 2 heteroatoms. The Balaban J connectivity index is 2.01. The van der Waals surface area contributed by atoms with Crippen LogP contribution in [-0.2, 0) is 0 Å². The third-order valence-electron chi connectivity index (χ3n) is 4.66. The Labute approximate surface area is 126 Å². The highest BCUT2D eigenvalue weighted by atomic mass is 19.1. The fraction of sp³-hybridized carbons (Fsp3) is 0.368. The van der Waals surface area contributed by atoms with E-state index in [0.29, 0.717) is 11.5 Å². The number of nitrogens with one attached hydrogen (secondary N) is 1. The van der Waals surface area contributed by atoms with Crippen molar-refractivity contribution in [2.24, 2.45) is 0 Å². The van der Waals surface area contributed by atoms with E-state index in [1.165, 1.54) is 30.4 Å². The monoisotopic (exact) mass is 283 g/mol. The zero-order valence-corrected chi connectivity index (χ0v) is 12.7. The maximum absolute atomic E-state index is 13.5. The largest absolute Gasteiger partial charge is 0.309 e. The summed E-state index contributed by atoms with van der Waals surface area (Å²) >= 11 is 0. The molecule has 3 rings (SSSR count). The minimum Gasteiger partial charge on any atom is -0.309 e. The number of benzene rings is 2. The molecule has 0 heterocycles. The van der Waals surface area contributed by atoms with Crippen molar-refractivity contribution in [2.75, 3.05) is 7.05 Å². The summed E-state index contributed by atoms with van der Waals surface area (Å²) in [5.74, 6) is 0.555. The highest BCUT2D eigenvalue weighted by Gasteiger charge is 2.25. The summed E-state index contributed by atoms with van der Waals surface area (Å²) in [4.78, 5) is 0. The van der Waals surface area contributed by atoms with E-state index in [1.807, 2.05) is 26.1 Å². The van der Waals surface area contributed by atoms with Crippen LogP contribution >= 0.6 is 0 Å². The summed E-state index contributed by atoms with van der Waals surface area (Å²) < 4.78 is 13.5. The van der Waals surface area contributed by atoms with Gasteiger partial charge in [0.15, 0.2) is 0 Å². The molecule has 1 aliphatic rings. The van der Waals surface area contributed by atoms with Gasteiger partial charge in [0.2, 0.25) is 0 Å². The zero-order valence-electron chi connectivity index (χ0n) is 12.7. The van der Waals surface area contributed by atoms with Gasteiger partial charge in [-0.25, -0.2) is 4.39 Å². The Morgan fingerprint density at radius 3 is 2.52 bits per heavy atom. The molecule has 0 saturated heterocycles. The van der Waals surface area contributed by atoms with E-state index in [4.69, 9.17) is 0 Å². The minimum atomic E-state index is -0.138. The van der Waals surface area contributed by atoms with E-state index >= 15 is 0 Å². The average molecular weight is 283 g/mol. The molecular formula is C19H22FN. The maximum atomic E-state index is 13.5. The van der Waals surface area contributed by atoms with E-state index in [9.17, 15) is 4.39 Å². The van der Waals surface area contributed by atoms with Crippen molar-refractivity contribution in [3.05, 3.63) is 70.5 Å². The van der Waals surface area contributed by atoms with E-state index in [-0.39, 0.29) is 11.9 Å². The van der Waals surface area contributed by atoms with E-state index in [1.54, 1.807) is 6.07 Å². The number of aryl methyl sites for hydroxylation is 1. The van der Waals surface area contributed by atoms with Crippen molar-refractivity contribution in [1.82, 2.24) is 5.32 Å². The molecular weight excluding hydrogens is 261 g/mol. The van der Waals surface area contributed by atoms with E-state index in [2.05, 4.69) is 29.6 Å². The van der Waals surface area contributed by atoms with E-state index in [0.717, 1.165) is 5.56 Å². The van der Waals surface area contributed by atoms with Crippen molar-refractivity contribution in [3.8, 4) is 0 Å². The van der Waals surface area contributed by atoms with Crippen molar-refractivity contribution < 1.29 is 4.39 Å². The van der Waals surface area contributed by atoms with Gasteiger partial charge < -0.3 is 5.32 Å². The van der Waals surface area contributed by atoms with Crippen molar-refractivity contribution >= 4 is 0 Å². The molecule has 2 aromatic rings. The van der Waals surface area contributed by atoms with Crippen molar-refractivity contribution in [1.29, 1.82) is 0 Å². The molecule has 0 spiro atoms. The molecule has 21 heavy (non-hydrogen) atoms. The Morgan fingerprint density at radius 1 is 1.14 bits per heavy atom. The van der Waals surface area contributed by atoms with Crippen LogP contribution in [0.25, 0.3) is 0 Å². The third-order valence-corrected chi connectivity index (χ3v) is 4.66. The van der Waals surface area contributed by atoms with Crippen LogP contribution in [0.1, 0.15) is 53.5 Å². The molecule has 2 aromatic carbocycles. The van der Waals surface area contributed by atoms with Crippen LogP contribution in [-0.4, -0.2) is 7.05 Å². The first kappa shape index (κ1) is 14.3. The zero-order chi connectivity index (χ0) is 14.8. The summed E-state index contributed by atoms with van der Waals surface area (Å²) in [5.41, 5.74) is 4.61. The molecule has 0 aliphatic heterocycles. The molecule has 0 radical (unpaired) electrons. The predicted molar refractivity (Wildman–Crippen MR) is 85.1 cm³/mol. The van der Waals surface area contributed by atoms with Gasteiger partial charge in [-0.05, 0) is 61.1 Å². The molecule has 0 amide bonds. The first-order valence-electron chi connectivity index (χ1n) is 7.73. The fourth-order valence-electron chi connectivity index (χ4n) is 3.21. The van der Waals surface area contributed by atoms with Gasteiger partial charge in [0, 0.05) is 0 Å². The maximum Gasteiger partial charge on any atom is 0.126 e. The van der Waals surface area contributed by atoms with E-state index < -0.39 is 0 Å². The van der Waals surface area contributed by atoms with Crippen LogP contribution in [0, 0.1) is 12.7 Å². The van der Waals surface area contributed by atoms with Crippen LogP contribution in [0.15, 0.2) is 42.5 Å². The van der Waals surface area contributed by atoms with Crippen molar-refractivity contribution in [3.63, 3.8) is 0 Å². The molecule has 1 aliphatic carbocycles. The molecule has 110 valence electrons. The van der Waals surface area contributed by atoms with Gasteiger partial charge >= 0.3 is 0 Å². The first-order chi connectivity index (χ1) is 10.2. The van der Waals surface area contributed by atoms with Crippen LogP contribution in [0.5, 0.6) is 0 Å². The summed E-state index contributed by atoms with van der Waals surface area (Å²) in [7, 11) is 1.97. The molecule has 0 bridgehead atoms. The third kappa shape index (κ3) is 2.73. The van der Waals surface area contributed by atoms with Gasteiger partial charge in [-0.1, -0.05) is 42.8 Å². The van der Waals surface area contributed by atoms with Gasteiger partial charge in [-0.2, -0.15) is 0 Å². The Bertz CT molecular complexity index is 631. The SMILES string of the molecule is CNC(c1ccc(F)c(C)c1)c1ccccc1C1CCC1. The molecule has 1 N–H and O–H groups in total. The lowest BCUT2D eigenvalue weighted by molar-refractivity contribution is 0.415. The summed E-state index contributed by atoms with van der Waals surface area (Å²) in [6.45, 7) is 1.82. The molecule has 1 fully saturated rings. The lowest BCUT2D eigenvalue weighted by Gasteiger charge is -2.30. The van der Waals surface area contributed by atoms with Crippen LogP contribution < -0.4 is 5.32 Å². The van der Waals surface area contributed by atoms with Gasteiger partial charge in [-0.3, -0.25) is 0 Å². The minimum absolute atomic E-state index is 0.126. The second-order valence-electron chi connectivity index (χ2n) is 5.99. The van der Waals surface area contributed by atoms with Gasteiger partial charge in [0.05, 0.1) is 6.04 Å². The lowest BCUT2D eigenvalue weighted by atomic mass is 9.76. The number of halogens is 1. The van der Waals surface area contributed by atoms with Gasteiger partial charge in [0.25, 0.3) is 0 Å². The second-order valence-corrected chi connectivity index (χ2v) is 5.99. The van der Waals surface area contributed by atoms with Gasteiger partial charge in [0.1, 0.15) is 5.82 Å². The second kappa shape index (κ2) is 5.98.